The van der Waals surface area contributed by atoms with Gasteiger partial charge in [-0.1, -0.05) is 79.4 Å². The molecule has 2 aromatic heterocycles. The van der Waals surface area contributed by atoms with Gasteiger partial charge in [0.25, 0.3) is 5.91 Å². The predicted molar refractivity (Wildman–Crippen MR) is 180 cm³/mol. The van der Waals surface area contributed by atoms with Crippen LogP contribution in [0, 0.1) is 5.41 Å². The highest BCUT2D eigenvalue weighted by atomic mass is 35.5. The number of carboxylic acid groups (broad SMARTS) is 1. The van der Waals surface area contributed by atoms with E-state index in [9.17, 15) is 19.5 Å². The third-order valence-electron chi connectivity index (χ3n) is 8.89. The number of halogens is 3. The minimum Gasteiger partial charge on any atom is -0.478 e. The molecule has 8 nitrogen and oxygen atoms in total. The van der Waals surface area contributed by atoms with E-state index in [1.807, 2.05) is 45.2 Å². The van der Waals surface area contributed by atoms with Gasteiger partial charge in [0.05, 0.1) is 15.6 Å². The van der Waals surface area contributed by atoms with E-state index < -0.39 is 11.4 Å². The van der Waals surface area contributed by atoms with Crippen molar-refractivity contribution in [2.75, 3.05) is 13.1 Å². The number of aryl methyl sites for hydroxylation is 1. The molecule has 1 fully saturated rings. The normalized spacial score (nSPS) is 16.5. The summed E-state index contributed by atoms with van der Waals surface area (Å²) in [5, 5.41) is 16.2. The third-order valence-corrected chi connectivity index (χ3v) is 9.70. The Morgan fingerprint density at radius 2 is 1.74 bits per heavy atom. The summed E-state index contributed by atoms with van der Waals surface area (Å²) in [5.74, 6) is -1.29. The van der Waals surface area contributed by atoms with E-state index in [2.05, 4.69) is 11.7 Å². The lowest BCUT2D eigenvalue weighted by Gasteiger charge is -2.30. The molecule has 1 amide bonds. The number of nitrogens with zero attached hydrogens (tertiary/aromatic N) is 3. The minimum atomic E-state index is -0.949. The van der Waals surface area contributed by atoms with Crippen molar-refractivity contribution < 1.29 is 24.0 Å². The molecule has 1 saturated heterocycles. The van der Waals surface area contributed by atoms with E-state index in [4.69, 9.17) is 39.3 Å². The van der Waals surface area contributed by atoms with Gasteiger partial charge in [0.2, 0.25) is 5.91 Å². The molecule has 6 rings (SSSR count). The standard InChI is InChI=1S/C35H32Cl3N3O5/c1-5-26(42)40-13-11-18(12-14-40)32-29(31(39-46-32)28-23(37)15-20(36)16-24(28)38)33(43)41-17-19-9-10-22(30(34(44)45)35(2,3)4)21-7-6-8-25(41)27(19)21/h5-8,15-18H,1,9-14H2,2-4H3,(H,44,45)/b30-22-. The highest BCUT2D eigenvalue weighted by Crippen LogP contribution is 2.45. The Morgan fingerprint density at radius 3 is 2.35 bits per heavy atom. The van der Waals surface area contributed by atoms with Crippen LogP contribution in [0.15, 0.2) is 59.3 Å². The molecule has 1 N–H and O–H groups in total. The Hall–Kier alpha value is -3.85. The first-order chi connectivity index (χ1) is 21.8. The first-order valence-corrected chi connectivity index (χ1v) is 16.2. The molecule has 1 aliphatic carbocycles. The SMILES string of the molecule is C=CC(=O)N1CCC(c2onc(-c3c(Cl)cc(Cl)cc3Cl)c2C(=O)n2cc3c4c(cccc42)/C(=C(/C(=O)O)C(C)(C)C)CC3)CC1. The number of likely N-dealkylation sites (tertiary alicyclic amines) is 1. The topological polar surface area (TPSA) is 106 Å². The molecule has 0 atom stereocenters. The molecule has 238 valence electrons. The summed E-state index contributed by atoms with van der Waals surface area (Å²) in [7, 11) is 0. The van der Waals surface area contributed by atoms with Crippen molar-refractivity contribution in [1.82, 2.24) is 14.6 Å². The van der Waals surface area contributed by atoms with Gasteiger partial charge in [-0.3, -0.25) is 14.2 Å². The van der Waals surface area contributed by atoms with Crippen LogP contribution in [0.2, 0.25) is 15.1 Å². The largest absolute Gasteiger partial charge is 0.478 e. The number of aromatic nitrogens is 2. The van der Waals surface area contributed by atoms with Gasteiger partial charge in [0.1, 0.15) is 11.3 Å². The van der Waals surface area contributed by atoms with E-state index in [-0.39, 0.29) is 39.0 Å². The number of carbonyl (C=O) groups is 3. The number of piperidine rings is 1. The van der Waals surface area contributed by atoms with Crippen molar-refractivity contribution in [2.24, 2.45) is 5.41 Å². The van der Waals surface area contributed by atoms with Gasteiger partial charge in [-0.2, -0.15) is 0 Å². The Bertz CT molecular complexity index is 1950. The zero-order valence-electron chi connectivity index (χ0n) is 25.6. The summed E-state index contributed by atoms with van der Waals surface area (Å²) in [6.07, 6.45) is 5.33. The van der Waals surface area contributed by atoms with Gasteiger partial charge < -0.3 is 14.5 Å². The molecular weight excluding hydrogens is 649 g/mol. The van der Waals surface area contributed by atoms with Crippen LogP contribution < -0.4 is 0 Å². The number of amides is 1. The molecule has 3 heterocycles. The van der Waals surface area contributed by atoms with Gasteiger partial charge in [-0.05, 0) is 72.1 Å². The zero-order chi connectivity index (χ0) is 33.1. The highest BCUT2D eigenvalue weighted by molar-refractivity contribution is 6.42. The van der Waals surface area contributed by atoms with Crippen molar-refractivity contribution in [3.63, 3.8) is 0 Å². The molecule has 0 bridgehead atoms. The summed E-state index contributed by atoms with van der Waals surface area (Å²) >= 11 is 19.5. The van der Waals surface area contributed by atoms with Crippen LogP contribution >= 0.6 is 34.8 Å². The zero-order valence-corrected chi connectivity index (χ0v) is 27.9. The number of rotatable bonds is 5. The second-order valence-electron chi connectivity index (χ2n) is 12.8. The Morgan fingerprint density at radius 1 is 1.07 bits per heavy atom. The molecule has 0 saturated carbocycles. The fourth-order valence-corrected chi connectivity index (χ4v) is 7.87. The lowest BCUT2D eigenvalue weighted by atomic mass is 9.77. The molecule has 0 radical (unpaired) electrons. The van der Waals surface area contributed by atoms with Gasteiger partial charge in [-0.15, -0.1) is 0 Å². The van der Waals surface area contributed by atoms with Crippen molar-refractivity contribution >= 4 is 69.1 Å². The average molecular weight is 681 g/mol. The Labute approximate surface area is 281 Å². The fraction of sp³-hybridized carbons (Fsp3) is 0.314. The van der Waals surface area contributed by atoms with E-state index >= 15 is 0 Å². The number of hydrogen-bond donors (Lipinski definition) is 1. The maximum absolute atomic E-state index is 14.8. The van der Waals surface area contributed by atoms with Crippen LogP contribution in [-0.4, -0.2) is 50.6 Å². The van der Waals surface area contributed by atoms with E-state index in [1.54, 1.807) is 9.47 Å². The van der Waals surface area contributed by atoms with Crippen LogP contribution in [0.3, 0.4) is 0 Å². The van der Waals surface area contributed by atoms with Crippen LogP contribution in [-0.2, 0) is 16.0 Å². The number of benzene rings is 2. The van der Waals surface area contributed by atoms with E-state index in [1.165, 1.54) is 18.2 Å². The third kappa shape index (κ3) is 5.46. The van der Waals surface area contributed by atoms with Crippen molar-refractivity contribution in [1.29, 1.82) is 0 Å². The maximum Gasteiger partial charge on any atom is 0.332 e. The summed E-state index contributed by atoms with van der Waals surface area (Å²) in [6, 6.07) is 8.69. The molecule has 0 unspecified atom stereocenters. The second-order valence-corrected chi connectivity index (χ2v) is 14.0. The maximum atomic E-state index is 14.8. The smallest absolute Gasteiger partial charge is 0.332 e. The number of aliphatic carboxylic acids is 1. The number of allylic oxidation sites excluding steroid dienone is 1. The average Bonchev–Trinajstić information content (AvgIpc) is 3.60. The Kier molecular flexibility index (Phi) is 8.42. The van der Waals surface area contributed by atoms with E-state index in [0.29, 0.717) is 66.2 Å². The number of carboxylic acids is 1. The molecule has 1 aliphatic heterocycles. The summed E-state index contributed by atoms with van der Waals surface area (Å²) < 4.78 is 7.54. The van der Waals surface area contributed by atoms with Gasteiger partial charge >= 0.3 is 5.97 Å². The molecule has 4 aromatic rings. The number of carbonyl (C=O) groups excluding carboxylic acids is 2. The summed E-state index contributed by atoms with van der Waals surface area (Å²) in [6.45, 7) is 10.2. The molecule has 0 spiro atoms. The first-order valence-electron chi connectivity index (χ1n) is 15.0. The van der Waals surface area contributed by atoms with Crippen molar-refractivity contribution in [3.8, 4) is 11.3 Å². The fourth-order valence-electron chi connectivity index (χ4n) is 6.87. The van der Waals surface area contributed by atoms with Gasteiger partial charge in [0, 0.05) is 46.7 Å². The monoisotopic (exact) mass is 679 g/mol. The molecule has 2 aromatic carbocycles. The lowest BCUT2D eigenvalue weighted by molar-refractivity contribution is -0.133. The number of hydrogen-bond acceptors (Lipinski definition) is 5. The predicted octanol–water partition coefficient (Wildman–Crippen LogP) is 8.67. The van der Waals surface area contributed by atoms with Crippen LogP contribution in [0.5, 0.6) is 0 Å². The molecular formula is C35H32Cl3N3O5. The van der Waals surface area contributed by atoms with Crippen molar-refractivity contribution in [3.05, 3.63) is 92.3 Å². The molecule has 11 heteroatoms. The van der Waals surface area contributed by atoms with Gasteiger partial charge in [0.15, 0.2) is 5.76 Å². The van der Waals surface area contributed by atoms with E-state index in [0.717, 1.165) is 22.1 Å². The first kappa shape index (κ1) is 32.1. The lowest BCUT2D eigenvalue weighted by Crippen LogP contribution is -2.37. The van der Waals surface area contributed by atoms with Crippen LogP contribution in [0.25, 0.3) is 27.7 Å². The van der Waals surface area contributed by atoms with Crippen molar-refractivity contribution in [2.45, 2.75) is 52.4 Å². The second kappa shape index (κ2) is 12.1. The van der Waals surface area contributed by atoms with Gasteiger partial charge in [-0.25, -0.2) is 4.79 Å². The minimum absolute atomic E-state index is 0.147. The quantitative estimate of drug-likeness (QED) is 0.212. The van der Waals surface area contributed by atoms with Crippen LogP contribution in [0.4, 0.5) is 0 Å². The molecule has 46 heavy (non-hydrogen) atoms. The summed E-state index contributed by atoms with van der Waals surface area (Å²) in [5.41, 5.74) is 3.70. The van der Waals surface area contributed by atoms with Crippen LogP contribution in [0.1, 0.15) is 73.2 Å². The molecule has 2 aliphatic rings. The highest BCUT2D eigenvalue weighted by Gasteiger charge is 2.36. The Balaban J connectivity index is 1.53. The summed E-state index contributed by atoms with van der Waals surface area (Å²) in [4.78, 5) is 41.2.